The van der Waals surface area contributed by atoms with Crippen molar-refractivity contribution in [1.29, 1.82) is 0 Å². The van der Waals surface area contributed by atoms with Crippen molar-refractivity contribution < 1.29 is 5.11 Å². The number of rotatable bonds is 9. The average Bonchev–Trinajstić information content (AvgIpc) is 3.45. The first kappa shape index (κ1) is 26.6. The largest absolute Gasteiger partial charge is 0.508 e. The van der Waals surface area contributed by atoms with Gasteiger partial charge in [0.1, 0.15) is 11.6 Å². The molecule has 0 aromatic carbocycles. The molecule has 0 atom stereocenters. The van der Waals surface area contributed by atoms with Gasteiger partial charge in [-0.15, -0.1) is 0 Å². The minimum Gasteiger partial charge on any atom is -0.508 e. The number of H-pyrrole nitrogens is 1. The number of hydrogen-bond donors (Lipinski definition) is 3. The molecule has 2 aromatic heterocycles. The maximum absolute atomic E-state index is 11.0. The highest BCUT2D eigenvalue weighted by atomic mass is 32.1. The molecule has 0 bridgehead atoms. The van der Waals surface area contributed by atoms with Crippen molar-refractivity contribution >= 4 is 38.2 Å². The van der Waals surface area contributed by atoms with E-state index in [2.05, 4.69) is 53.7 Å². The van der Waals surface area contributed by atoms with Crippen molar-refractivity contribution in [3.63, 3.8) is 0 Å². The SMILES string of the molecule is C=CC(=C\C(O)=C(/C)c1nc2sc(N(C)C3CCNCC3)nc2[nH]1)/C(/C=C(\C)CC)=C/C(C)=NC. The van der Waals surface area contributed by atoms with Crippen LogP contribution in [0.2, 0.25) is 0 Å². The maximum atomic E-state index is 11.0. The van der Waals surface area contributed by atoms with Crippen LogP contribution in [0.15, 0.2) is 58.4 Å². The second-order valence-electron chi connectivity index (χ2n) is 8.95. The summed E-state index contributed by atoms with van der Waals surface area (Å²) in [5.41, 5.74) is 5.30. The smallest absolute Gasteiger partial charge is 0.189 e. The van der Waals surface area contributed by atoms with Crippen molar-refractivity contribution in [3.05, 3.63) is 59.2 Å². The molecule has 1 saturated heterocycles. The third kappa shape index (κ3) is 6.58. The van der Waals surface area contributed by atoms with Crippen LogP contribution in [0.5, 0.6) is 0 Å². The van der Waals surface area contributed by atoms with E-state index in [1.54, 1.807) is 30.5 Å². The van der Waals surface area contributed by atoms with E-state index in [4.69, 9.17) is 9.97 Å². The van der Waals surface area contributed by atoms with Crippen molar-refractivity contribution in [3.8, 4) is 0 Å². The molecule has 3 rings (SSSR count). The molecule has 3 heterocycles. The summed E-state index contributed by atoms with van der Waals surface area (Å²) in [6.45, 7) is 14.1. The summed E-state index contributed by atoms with van der Waals surface area (Å²) >= 11 is 1.58. The fourth-order valence-corrected chi connectivity index (χ4v) is 4.81. The van der Waals surface area contributed by atoms with Crippen molar-refractivity contribution in [2.75, 3.05) is 32.1 Å². The molecule has 0 radical (unpaired) electrons. The van der Waals surface area contributed by atoms with E-state index in [9.17, 15) is 5.11 Å². The third-order valence-corrected chi connectivity index (χ3v) is 7.51. The van der Waals surface area contributed by atoms with E-state index < -0.39 is 0 Å². The summed E-state index contributed by atoms with van der Waals surface area (Å²) in [6, 6.07) is 0.494. The Hall–Kier alpha value is -2.97. The van der Waals surface area contributed by atoms with Gasteiger partial charge in [-0.3, -0.25) is 4.99 Å². The fourth-order valence-electron chi connectivity index (χ4n) is 3.88. The maximum Gasteiger partial charge on any atom is 0.189 e. The zero-order chi connectivity index (χ0) is 25.5. The first-order valence-corrected chi connectivity index (χ1v) is 13.0. The molecular weight excluding hydrogens is 456 g/mol. The zero-order valence-corrected chi connectivity index (χ0v) is 22.6. The van der Waals surface area contributed by atoms with Gasteiger partial charge >= 0.3 is 0 Å². The second kappa shape index (κ2) is 12.1. The van der Waals surface area contributed by atoms with Gasteiger partial charge in [0.15, 0.2) is 15.6 Å². The van der Waals surface area contributed by atoms with Gasteiger partial charge in [-0.05, 0) is 76.4 Å². The Morgan fingerprint density at radius 2 is 1.89 bits per heavy atom. The van der Waals surface area contributed by atoms with Crippen LogP contribution in [0.4, 0.5) is 5.13 Å². The van der Waals surface area contributed by atoms with Gasteiger partial charge in [0.05, 0.1) is 0 Å². The van der Waals surface area contributed by atoms with Crippen LogP contribution in [-0.4, -0.2) is 59.0 Å². The lowest BCUT2D eigenvalue weighted by atomic mass is 9.99. The van der Waals surface area contributed by atoms with Gasteiger partial charge in [0.2, 0.25) is 0 Å². The number of piperidine rings is 1. The topological polar surface area (TPSA) is 89.4 Å². The molecule has 8 heteroatoms. The van der Waals surface area contributed by atoms with Gasteiger partial charge < -0.3 is 20.3 Å². The van der Waals surface area contributed by atoms with Gasteiger partial charge in [-0.2, -0.15) is 0 Å². The van der Waals surface area contributed by atoms with E-state index in [0.717, 1.165) is 64.8 Å². The number of aromatic nitrogens is 3. The molecule has 1 fully saturated rings. The summed E-state index contributed by atoms with van der Waals surface area (Å²) in [5, 5.41) is 15.3. The first-order valence-electron chi connectivity index (χ1n) is 12.1. The molecule has 3 N–H and O–H groups in total. The van der Waals surface area contributed by atoms with Crippen LogP contribution < -0.4 is 10.2 Å². The lowest BCUT2D eigenvalue weighted by Crippen LogP contribution is -2.41. The summed E-state index contributed by atoms with van der Waals surface area (Å²) in [4.78, 5) is 20.2. The Bertz CT molecular complexity index is 1170. The Balaban J connectivity index is 1.91. The molecular formula is C27H38N6OS. The number of aliphatic imine (C=N–C) groups is 1. The highest BCUT2D eigenvalue weighted by Gasteiger charge is 2.22. The molecule has 1 aliphatic heterocycles. The minimum atomic E-state index is 0.132. The average molecular weight is 495 g/mol. The minimum absolute atomic E-state index is 0.132. The van der Waals surface area contributed by atoms with E-state index in [0.29, 0.717) is 17.4 Å². The standard InChI is InChI=1S/C27H38N6OS/c1-8-17(3)14-21(15-18(4)28-6)20(9-2)16-23(34)19(5)24-30-25-26(31-24)35-27(32-25)33(7)22-10-12-29-13-11-22/h9,14-16,22,29,34H,2,8,10-13H2,1,3-7H3,(H,30,31)/b17-14+,20-16+,21-15+,23-19-,28-18?. The number of nitrogens with one attached hydrogen (secondary N) is 2. The number of allylic oxidation sites excluding steroid dienone is 8. The molecule has 2 aromatic rings. The molecule has 0 saturated carbocycles. The number of hydrogen-bond acceptors (Lipinski definition) is 7. The number of imidazole rings is 1. The molecule has 0 amide bonds. The Labute approximate surface area is 212 Å². The van der Waals surface area contributed by atoms with Crippen LogP contribution in [-0.2, 0) is 0 Å². The van der Waals surface area contributed by atoms with Crippen LogP contribution >= 0.6 is 11.3 Å². The second-order valence-corrected chi connectivity index (χ2v) is 9.91. The van der Waals surface area contributed by atoms with Gasteiger partial charge in [0, 0.05) is 31.4 Å². The summed E-state index contributed by atoms with van der Waals surface area (Å²) in [6.07, 6.45) is 10.8. The fraction of sp³-hybridized carbons (Fsp3) is 0.444. The van der Waals surface area contributed by atoms with E-state index in [-0.39, 0.29) is 5.76 Å². The monoisotopic (exact) mass is 494 g/mol. The summed E-state index contributed by atoms with van der Waals surface area (Å²) < 4.78 is 0. The van der Waals surface area contributed by atoms with Crippen LogP contribution in [0.3, 0.4) is 0 Å². The number of fused-ring (bicyclic) bond motifs is 1. The van der Waals surface area contributed by atoms with Crippen LogP contribution in [0.25, 0.3) is 16.1 Å². The third-order valence-electron chi connectivity index (χ3n) is 6.47. The van der Waals surface area contributed by atoms with Gasteiger partial charge in [-0.1, -0.05) is 42.6 Å². The number of aromatic amines is 1. The van der Waals surface area contributed by atoms with E-state index >= 15 is 0 Å². The predicted molar refractivity (Wildman–Crippen MR) is 151 cm³/mol. The van der Waals surface area contributed by atoms with Crippen LogP contribution in [0, 0.1) is 0 Å². The molecule has 1 aliphatic rings. The Morgan fingerprint density at radius 1 is 1.17 bits per heavy atom. The molecule has 35 heavy (non-hydrogen) atoms. The molecule has 0 unspecified atom stereocenters. The Morgan fingerprint density at radius 3 is 2.49 bits per heavy atom. The van der Waals surface area contributed by atoms with Gasteiger partial charge in [-0.25, -0.2) is 9.97 Å². The number of aliphatic hydroxyl groups is 1. The normalized spacial score (nSPS) is 17.7. The molecule has 7 nitrogen and oxygen atoms in total. The lowest BCUT2D eigenvalue weighted by Gasteiger charge is -2.31. The lowest BCUT2D eigenvalue weighted by molar-refractivity contribution is 0.434. The van der Waals surface area contributed by atoms with Crippen LogP contribution in [0.1, 0.15) is 52.8 Å². The van der Waals surface area contributed by atoms with Crippen molar-refractivity contribution in [1.82, 2.24) is 20.3 Å². The number of nitrogens with zero attached hydrogens (tertiary/aromatic N) is 4. The number of aliphatic hydroxyl groups excluding tert-OH is 1. The van der Waals surface area contributed by atoms with Gasteiger partial charge in [0.25, 0.3) is 0 Å². The Kier molecular flexibility index (Phi) is 9.23. The van der Waals surface area contributed by atoms with E-state index in [1.165, 1.54) is 5.57 Å². The number of thiazole rings is 1. The highest BCUT2D eigenvalue weighted by molar-refractivity contribution is 7.21. The molecule has 188 valence electrons. The zero-order valence-electron chi connectivity index (χ0n) is 21.8. The summed E-state index contributed by atoms with van der Waals surface area (Å²) in [5.74, 6) is 0.747. The first-order chi connectivity index (χ1) is 16.8. The molecule has 0 spiro atoms. The van der Waals surface area contributed by atoms with E-state index in [1.807, 2.05) is 19.9 Å². The van der Waals surface area contributed by atoms with Crippen molar-refractivity contribution in [2.45, 2.75) is 53.0 Å². The highest BCUT2D eigenvalue weighted by Crippen LogP contribution is 2.31. The number of anilines is 1. The molecule has 0 aliphatic carbocycles. The predicted octanol–water partition coefficient (Wildman–Crippen LogP) is 5.98. The summed E-state index contributed by atoms with van der Waals surface area (Å²) in [7, 11) is 3.88. The quantitative estimate of drug-likeness (QED) is 0.227. The van der Waals surface area contributed by atoms with Crippen molar-refractivity contribution in [2.24, 2.45) is 4.99 Å².